The van der Waals surface area contributed by atoms with Crippen LogP contribution in [0.3, 0.4) is 0 Å². The smallest absolute Gasteiger partial charge is 0.307 e. The fraction of sp³-hybridized carbons (Fsp3) is 0.900. The zero-order chi connectivity index (χ0) is 10.5. The third kappa shape index (κ3) is 3.77. The van der Waals surface area contributed by atoms with Crippen LogP contribution in [0.5, 0.6) is 0 Å². The highest BCUT2D eigenvalue weighted by atomic mass is 16.5. The third-order valence-corrected chi connectivity index (χ3v) is 2.59. The van der Waals surface area contributed by atoms with Gasteiger partial charge < -0.3 is 10.1 Å². The third-order valence-electron chi connectivity index (χ3n) is 2.59. The Morgan fingerprint density at radius 1 is 1.54 bits per heavy atom. The number of hydrogen-bond donors (Lipinski definition) is 1. The molecule has 0 aliphatic rings. The Bertz CT molecular complexity index is 168. The van der Waals surface area contributed by atoms with Crippen molar-refractivity contribution in [3.8, 4) is 0 Å². The van der Waals surface area contributed by atoms with E-state index in [0.717, 1.165) is 6.54 Å². The van der Waals surface area contributed by atoms with Crippen molar-refractivity contribution in [1.82, 2.24) is 5.32 Å². The van der Waals surface area contributed by atoms with E-state index >= 15 is 0 Å². The monoisotopic (exact) mass is 187 g/mol. The van der Waals surface area contributed by atoms with E-state index in [0.29, 0.717) is 12.3 Å². The van der Waals surface area contributed by atoms with Gasteiger partial charge in [-0.05, 0) is 19.4 Å². The van der Waals surface area contributed by atoms with Gasteiger partial charge in [0, 0.05) is 5.54 Å². The minimum atomic E-state index is -0.155. The van der Waals surface area contributed by atoms with E-state index < -0.39 is 0 Å². The second-order valence-electron chi connectivity index (χ2n) is 3.86. The van der Waals surface area contributed by atoms with Crippen LogP contribution in [-0.4, -0.2) is 25.2 Å². The molecule has 0 aromatic carbocycles. The van der Waals surface area contributed by atoms with Crippen LogP contribution >= 0.6 is 0 Å². The molecule has 78 valence electrons. The van der Waals surface area contributed by atoms with Crippen LogP contribution in [0.15, 0.2) is 0 Å². The van der Waals surface area contributed by atoms with E-state index in [1.807, 2.05) is 6.92 Å². The molecular formula is C10H21NO2. The Kier molecular flexibility index (Phi) is 4.99. The van der Waals surface area contributed by atoms with Crippen LogP contribution in [0.4, 0.5) is 0 Å². The van der Waals surface area contributed by atoms with Crippen molar-refractivity contribution < 1.29 is 9.53 Å². The van der Waals surface area contributed by atoms with Crippen molar-refractivity contribution >= 4 is 5.97 Å². The molecule has 0 bridgehead atoms. The summed E-state index contributed by atoms with van der Waals surface area (Å²) in [5.41, 5.74) is -0.151. The molecule has 1 N–H and O–H groups in total. The second-order valence-corrected chi connectivity index (χ2v) is 3.86. The van der Waals surface area contributed by atoms with Gasteiger partial charge in [-0.2, -0.15) is 0 Å². The van der Waals surface area contributed by atoms with Gasteiger partial charge in [-0.25, -0.2) is 0 Å². The van der Waals surface area contributed by atoms with Gasteiger partial charge in [0.25, 0.3) is 0 Å². The molecule has 0 amide bonds. The maximum atomic E-state index is 11.1. The first-order valence-corrected chi connectivity index (χ1v) is 4.78. The summed E-state index contributed by atoms with van der Waals surface area (Å²) in [7, 11) is 1.43. The van der Waals surface area contributed by atoms with E-state index in [1.54, 1.807) is 0 Å². The number of methoxy groups -OCH3 is 1. The topological polar surface area (TPSA) is 38.3 Å². The van der Waals surface area contributed by atoms with Gasteiger partial charge in [0.1, 0.15) is 0 Å². The van der Waals surface area contributed by atoms with Gasteiger partial charge in [0.05, 0.1) is 13.5 Å². The van der Waals surface area contributed by atoms with Crippen molar-refractivity contribution in [3.05, 3.63) is 0 Å². The lowest BCUT2D eigenvalue weighted by molar-refractivity contribution is -0.142. The lowest BCUT2D eigenvalue weighted by atomic mass is 9.85. The first kappa shape index (κ1) is 12.4. The number of rotatable bonds is 5. The highest BCUT2D eigenvalue weighted by molar-refractivity contribution is 5.70. The largest absolute Gasteiger partial charge is 0.469 e. The Balaban J connectivity index is 4.31. The van der Waals surface area contributed by atoms with E-state index in [9.17, 15) is 4.79 Å². The first-order chi connectivity index (χ1) is 5.96. The molecule has 1 atom stereocenters. The standard InChI is InChI=1S/C10H21NO2/c1-6-11-10(4,8(2)3)7-9(12)13-5/h8,11H,6-7H2,1-5H3. The number of carbonyl (C=O) groups excluding carboxylic acids is 1. The predicted molar refractivity (Wildman–Crippen MR) is 53.6 cm³/mol. The number of nitrogens with one attached hydrogen (secondary N) is 1. The molecule has 0 rings (SSSR count). The van der Waals surface area contributed by atoms with Gasteiger partial charge in [-0.15, -0.1) is 0 Å². The van der Waals surface area contributed by atoms with Gasteiger partial charge in [0.2, 0.25) is 0 Å². The van der Waals surface area contributed by atoms with Crippen molar-refractivity contribution in [2.75, 3.05) is 13.7 Å². The van der Waals surface area contributed by atoms with Crippen molar-refractivity contribution in [2.45, 2.75) is 39.7 Å². The summed E-state index contributed by atoms with van der Waals surface area (Å²) in [6.07, 6.45) is 0.426. The van der Waals surface area contributed by atoms with E-state index in [1.165, 1.54) is 7.11 Å². The Morgan fingerprint density at radius 3 is 2.38 bits per heavy atom. The highest BCUT2D eigenvalue weighted by Gasteiger charge is 2.30. The predicted octanol–water partition coefficient (Wildman–Crippen LogP) is 1.57. The molecular weight excluding hydrogens is 166 g/mol. The normalized spacial score (nSPS) is 15.5. The quantitative estimate of drug-likeness (QED) is 0.664. The lowest BCUT2D eigenvalue weighted by Gasteiger charge is -2.33. The number of hydrogen-bond acceptors (Lipinski definition) is 3. The first-order valence-electron chi connectivity index (χ1n) is 4.78. The van der Waals surface area contributed by atoms with Crippen molar-refractivity contribution in [2.24, 2.45) is 5.92 Å². The summed E-state index contributed by atoms with van der Waals surface area (Å²) in [6, 6.07) is 0. The molecule has 1 unspecified atom stereocenters. The van der Waals surface area contributed by atoms with E-state index in [-0.39, 0.29) is 11.5 Å². The number of carbonyl (C=O) groups is 1. The maximum Gasteiger partial charge on any atom is 0.307 e. The molecule has 13 heavy (non-hydrogen) atoms. The van der Waals surface area contributed by atoms with Crippen LogP contribution in [0.25, 0.3) is 0 Å². The Labute approximate surface area is 80.8 Å². The zero-order valence-electron chi connectivity index (χ0n) is 9.31. The minimum absolute atomic E-state index is 0.151. The second kappa shape index (κ2) is 5.22. The van der Waals surface area contributed by atoms with Crippen LogP contribution in [0.2, 0.25) is 0 Å². The molecule has 3 nitrogen and oxygen atoms in total. The SMILES string of the molecule is CCNC(C)(CC(=O)OC)C(C)C. The van der Waals surface area contributed by atoms with Crippen LogP contribution in [-0.2, 0) is 9.53 Å². The lowest BCUT2D eigenvalue weighted by Crippen LogP contribution is -2.48. The summed E-state index contributed by atoms with van der Waals surface area (Å²) in [4.78, 5) is 11.1. The Hall–Kier alpha value is -0.570. The molecule has 0 heterocycles. The molecule has 3 heteroatoms. The summed E-state index contributed by atoms with van der Waals surface area (Å²) in [6.45, 7) is 9.17. The average molecular weight is 187 g/mol. The minimum Gasteiger partial charge on any atom is -0.469 e. The number of esters is 1. The molecule has 0 aromatic rings. The van der Waals surface area contributed by atoms with Gasteiger partial charge in [0.15, 0.2) is 0 Å². The molecule has 0 saturated heterocycles. The molecule has 0 aromatic heterocycles. The molecule has 0 spiro atoms. The average Bonchev–Trinajstić information content (AvgIpc) is 2.04. The highest BCUT2D eigenvalue weighted by Crippen LogP contribution is 2.20. The van der Waals surface area contributed by atoms with Gasteiger partial charge >= 0.3 is 5.97 Å². The summed E-state index contributed by atoms with van der Waals surface area (Å²) < 4.78 is 4.66. The fourth-order valence-corrected chi connectivity index (χ4v) is 1.25. The van der Waals surface area contributed by atoms with Crippen LogP contribution in [0.1, 0.15) is 34.1 Å². The van der Waals surface area contributed by atoms with E-state index in [4.69, 9.17) is 0 Å². The molecule has 0 aliphatic heterocycles. The zero-order valence-corrected chi connectivity index (χ0v) is 9.31. The summed E-state index contributed by atoms with van der Waals surface area (Å²) >= 11 is 0. The molecule has 0 fully saturated rings. The molecule has 0 aliphatic carbocycles. The molecule has 0 radical (unpaired) electrons. The van der Waals surface area contributed by atoms with Crippen molar-refractivity contribution in [1.29, 1.82) is 0 Å². The van der Waals surface area contributed by atoms with Gasteiger partial charge in [-0.3, -0.25) is 4.79 Å². The van der Waals surface area contributed by atoms with Crippen LogP contribution < -0.4 is 5.32 Å². The maximum absolute atomic E-state index is 11.1. The van der Waals surface area contributed by atoms with Gasteiger partial charge in [-0.1, -0.05) is 20.8 Å². The fourth-order valence-electron chi connectivity index (χ4n) is 1.25. The number of ether oxygens (including phenoxy) is 1. The van der Waals surface area contributed by atoms with Crippen LogP contribution in [0, 0.1) is 5.92 Å². The molecule has 0 saturated carbocycles. The summed E-state index contributed by atoms with van der Waals surface area (Å²) in [5.74, 6) is 0.253. The van der Waals surface area contributed by atoms with E-state index in [2.05, 4.69) is 30.8 Å². The summed E-state index contributed by atoms with van der Waals surface area (Å²) in [5, 5.41) is 3.32. The Morgan fingerprint density at radius 2 is 2.08 bits per heavy atom. The van der Waals surface area contributed by atoms with Crippen molar-refractivity contribution in [3.63, 3.8) is 0 Å².